The molecule has 0 aliphatic carbocycles. The summed E-state index contributed by atoms with van der Waals surface area (Å²) in [5, 5.41) is 13.2. The number of rotatable bonds is 5. The lowest BCUT2D eigenvalue weighted by Crippen LogP contribution is -2.39. The number of ketones is 1. The molecule has 3 aromatic rings. The molecule has 27 heavy (non-hydrogen) atoms. The fraction of sp³-hybridized carbons (Fsp3) is 0.222. The van der Waals surface area contributed by atoms with E-state index >= 15 is 0 Å². The number of carbonyl (C=O) groups is 1. The van der Waals surface area contributed by atoms with Crippen LogP contribution in [-0.4, -0.2) is 17.0 Å². The summed E-state index contributed by atoms with van der Waals surface area (Å²) in [7, 11) is 0. The Morgan fingerprint density at radius 3 is 2.44 bits per heavy atom. The second-order valence-corrected chi connectivity index (χ2v) is 6.39. The maximum atomic E-state index is 13.0. The predicted molar refractivity (Wildman–Crippen MR) is 94.5 cm³/mol. The van der Waals surface area contributed by atoms with Gasteiger partial charge in [0.05, 0.1) is 17.5 Å². The van der Waals surface area contributed by atoms with E-state index in [1.165, 1.54) is 24.3 Å². The van der Waals surface area contributed by atoms with Crippen LogP contribution in [0.3, 0.4) is 0 Å². The van der Waals surface area contributed by atoms with Crippen molar-refractivity contribution in [1.82, 2.24) is 4.68 Å². The zero-order chi connectivity index (χ0) is 19.8. The Labute approximate surface area is 157 Å². The molecule has 0 atom stereocenters. The number of halogens is 4. The van der Waals surface area contributed by atoms with Gasteiger partial charge in [0.2, 0.25) is 5.78 Å². The van der Waals surface area contributed by atoms with Crippen LogP contribution in [0.1, 0.15) is 28.0 Å². The average Bonchev–Trinajstić information content (AvgIpc) is 2.91. The van der Waals surface area contributed by atoms with Gasteiger partial charge in [0, 0.05) is 16.7 Å². The summed E-state index contributed by atoms with van der Waals surface area (Å²) in [6, 6.07) is 8.79. The smallest absolute Gasteiger partial charge is 0.416 e. The second-order valence-electron chi connectivity index (χ2n) is 5.95. The normalized spacial score (nSPS) is 11.9. The van der Waals surface area contributed by atoms with Crippen molar-refractivity contribution in [3.8, 4) is 0 Å². The van der Waals surface area contributed by atoms with Gasteiger partial charge in [0.25, 0.3) is 5.52 Å². The van der Waals surface area contributed by atoms with Gasteiger partial charge >= 0.3 is 6.18 Å². The van der Waals surface area contributed by atoms with Crippen molar-refractivity contribution < 1.29 is 22.8 Å². The first kappa shape index (κ1) is 19.2. The van der Waals surface area contributed by atoms with Crippen LogP contribution in [0.5, 0.6) is 0 Å². The van der Waals surface area contributed by atoms with Gasteiger partial charge in [0.15, 0.2) is 5.69 Å². The second kappa shape index (κ2) is 7.21. The van der Waals surface area contributed by atoms with Crippen molar-refractivity contribution in [2.45, 2.75) is 19.1 Å². The lowest BCUT2D eigenvalue weighted by atomic mass is 10.0. The molecule has 0 unspecified atom stereocenters. The lowest BCUT2D eigenvalue weighted by molar-refractivity contribution is -0.670. The van der Waals surface area contributed by atoms with Crippen LogP contribution in [0.25, 0.3) is 10.9 Å². The highest BCUT2D eigenvalue weighted by Crippen LogP contribution is 2.32. The molecular formula is C18H15ClF3N3O2. The molecule has 2 aromatic carbocycles. The van der Waals surface area contributed by atoms with Gasteiger partial charge < -0.3 is 10.9 Å². The highest BCUT2D eigenvalue weighted by molar-refractivity contribution is 6.30. The molecule has 0 saturated carbocycles. The number of alkyl halides is 3. The van der Waals surface area contributed by atoms with Crippen molar-refractivity contribution >= 4 is 28.3 Å². The van der Waals surface area contributed by atoms with Crippen LogP contribution >= 0.6 is 11.6 Å². The topological polar surface area (TPSA) is 75.0 Å². The summed E-state index contributed by atoms with van der Waals surface area (Å²) >= 11 is 5.83. The molecule has 9 heteroatoms. The molecule has 5 nitrogen and oxygen atoms in total. The molecule has 2 N–H and O–H groups in total. The summed E-state index contributed by atoms with van der Waals surface area (Å²) < 4.78 is 40.1. The molecule has 0 radical (unpaired) electrons. The molecule has 0 aliphatic heterocycles. The lowest BCUT2D eigenvalue weighted by Gasteiger charge is -2.07. The minimum Gasteiger partial charge on any atom is -0.595 e. The molecule has 0 bridgehead atoms. The summed E-state index contributed by atoms with van der Waals surface area (Å²) in [5.74, 6) is -0.483. The number of nitrogens with two attached hydrogens (primary N) is 1. The van der Waals surface area contributed by atoms with E-state index in [0.717, 1.165) is 22.9 Å². The first-order valence-corrected chi connectivity index (χ1v) is 8.45. The standard InChI is InChI=1S/C18H15ClF3N3O2/c19-13-5-2-11(3-6-13)17(26)16-14-7-4-12(18(20,21)22)10-15(14)25(27)24(16)9-1-8-23/h2-7,10H,1,8-9,23H2. The van der Waals surface area contributed by atoms with Crippen LogP contribution in [0.4, 0.5) is 13.2 Å². The Hall–Kier alpha value is -2.58. The first-order chi connectivity index (χ1) is 12.7. The van der Waals surface area contributed by atoms with Crippen LogP contribution in [0.2, 0.25) is 5.02 Å². The monoisotopic (exact) mass is 397 g/mol. The molecule has 0 spiro atoms. The zero-order valence-electron chi connectivity index (χ0n) is 14.0. The first-order valence-electron chi connectivity index (χ1n) is 8.07. The van der Waals surface area contributed by atoms with E-state index in [-0.39, 0.29) is 35.2 Å². The molecule has 0 aliphatic rings. The molecule has 3 rings (SSSR count). The van der Waals surface area contributed by atoms with Gasteiger partial charge in [-0.15, -0.1) is 4.68 Å². The molecule has 0 fully saturated rings. The van der Waals surface area contributed by atoms with E-state index in [9.17, 15) is 23.2 Å². The Balaban J connectivity index is 2.22. The van der Waals surface area contributed by atoms with E-state index in [1.54, 1.807) is 0 Å². The highest BCUT2D eigenvalue weighted by atomic mass is 35.5. The van der Waals surface area contributed by atoms with E-state index in [2.05, 4.69) is 0 Å². The fourth-order valence-corrected chi connectivity index (χ4v) is 2.97. The molecule has 0 amide bonds. The van der Waals surface area contributed by atoms with Crippen LogP contribution in [0, 0.1) is 5.21 Å². The zero-order valence-corrected chi connectivity index (χ0v) is 14.7. The van der Waals surface area contributed by atoms with Gasteiger partial charge in [-0.2, -0.15) is 13.2 Å². The maximum absolute atomic E-state index is 13.0. The van der Waals surface area contributed by atoms with Crippen LogP contribution in [0.15, 0.2) is 42.5 Å². The highest BCUT2D eigenvalue weighted by Gasteiger charge is 2.34. The number of fused-ring (bicyclic) bond motifs is 1. The summed E-state index contributed by atoms with van der Waals surface area (Å²) in [6.45, 7) is 0.363. The molecule has 0 saturated heterocycles. The van der Waals surface area contributed by atoms with E-state index in [0.29, 0.717) is 16.3 Å². The van der Waals surface area contributed by atoms with E-state index < -0.39 is 17.5 Å². The van der Waals surface area contributed by atoms with Gasteiger partial charge in [-0.25, -0.2) is 0 Å². The third kappa shape index (κ3) is 3.63. The number of hydrogen-bond donors (Lipinski definition) is 1. The Morgan fingerprint density at radius 1 is 1.19 bits per heavy atom. The quantitative estimate of drug-likeness (QED) is 0.406. The van der Waals surface area contributed by atoms with E-state index in [4.69, 9.17) is 17.3 Å². The maximum Gasteiger partial charge on any atom is 0.416 e. The van der Waals surface area contributed by atoms with Gasteiger partial charge in [0.1, 0.15) is 0 Å². The Morgan fingerprint density at radius 2 is 1.85 bits per heavy atom. The SMILES string of the molecule is NCCCn1c(C(=O)c2ccc(Cl)cc2)c2ccc(C(F)(F)F)cc2[n+]1[O-]. The number of aromatic nitrogens is 2. The number of hydrogen-bond acceptors (Lipinski definition) is 3. The molecule has 1 aromatic heterocycles. The van der Waals surface area contributed by atoms with Gasteiger partial charge in [-0.3, -0.25) is 4.79 Å². The van der Waals surface area contributed by atoms with Gasteiger partial charge in [-0.1, -0.05) is 16.4 Å². The van der Waals surface area contributed by atoms with E-state index in [1.807, 2.05) is 0 Å². The predicted octanol–water partition coefficient (Wildman–Crippen LogP) is 3.53. The summed E-state index contributed by atoms with van der Waals surface area (Å²) in [5.41, 5.74) is 4.59. The summed E-state index contributed by atoms with van der Waals surface area (Å²) in [4.78, 5) is 13.3. The molecule has 1 heterocycles. The third-order valence-corrected chi connectivity index (χ3v) is 4.41. The minimum absolute atomic E-state index is 0.0181. The fourth-order valence-electron chi connectivity index (χ4n) is 2.85. The third-order valence-electron chi connectivity index (χ3n) is 4.16. The van der Waals surface area contributed by atoms with Gasteiger partial charge in [-0.05, 0) is 49.4 Å². The number of nitrogens with zero attached hydrogens (tertiary/aromatic N) is 2. The average molecular weight is 398 g/mol. The van der Waals surface area contributed by atoms with Crippen molar-refractivity contribution in [2.24, 2.45) is 5.73 Å². The molecular weight excluding hydrogens is 383 g/mol. The van der Waals surface area contributed by atoms with Crippen LogP contribution < -0.4 is 10.6 Å². The van der Waals surface area contributed by atoms with Crippen molar-refractivity contribution in [3.05, 3.63) is 69.5 Å². The van der Waals surface area contributed by atoms with Crippen molar-refractivity contribution in [2.75, 3.05) is 6.54 Å². The minimum atomic E-state index is -4.60. The molecule has 142 valence electrons. The number of benzene rings is 2. The van der Waals surface area contributed by atoms with Crippen LogP contribution in [-0.2, 0) is 12.7 Å². The van der Waals surface area contributed by atoms with Crippen molar-refractivity contribution in [1.29, 1.82) is 0 Å². The number of carbonyl (C=O) groups excluding carboxylic acids is 1. The Bertz CT molecular complexity index is 998. The van der Waals surface area contributed by atoms with Crippen molar-refractivity contribution in [3.63, 3.8) is 0 Å². The summed E-state index contributed by atoms with van der Waals surface area (Å²) in [6.07, 6.45) is -4.21. The largest absolute Gasteiger partial charge is 0.595 e. The Kier molecular flexibility index (Phi) is 5.12.